The van der Waals surface area contributed by atoms with E-state index in [0.29, 0.717) is 5.92 Å². The number of allylic oxidation sites excluding steroid dienone is 4. The van der Waals surface area contributed by atoms with E-state index in [9.17, 15) is 0 Å². The van der Waals surface area contributed by atoms with Crippen LogP contribution in [0.25, 0.3) is 0 Å². The van der Waals surface area contributed by atoms with Gasteiger partial charge in [0.15, 0.2) is 0 Å². The maximum Gasteiger partial charge on any atom is 0.0310 e. The Labute approximate surface area is 75.7 Å². The lowest BCUT2D eigenvalue weighted by Gasteiger charge is -2.05. The van der Waals surface area contributed by atoms with Crippen LogP contribution in [0.5, 0.6) is 0 Å². The van der Waals surface area contributed by atoms with Gasteiger partial charge >= 0.3 is 0 Å². The Morgan fingerprint density at radius 1 is 1.50 bits per heavy atom. The van der Waals surface area contributed by atoms with Gasteiger partial charge < -0.3 is 5.73 Å². The average Bonchev–Trinajstić information content (AvgIpc) is 2.02. The molecule has 1 heteroatoms. The summed E-state index contributed by atoms with van der Waals surface area (Å²) in [5.74, 6) is 0.671. The second kappa shape index (κ2) is 5.64. The molecule has 0 saturated heterocycles. The summed E-state index contributed by atoms with van der Waals surface area (Å²) < 4.78 is 0. The molecular formula is C11H19N. The lowest BCUT2D eigenvalue weighted by Crippen LogP contribution is -1.95. The molecule has 0 bridgehead atoms. The molecule has 0 fully saturated rings. The van der Waals surface area contributed by atoms with E-state index in [4.69, 9.17) is 5.73 Å². The molecule has 68 valence electrons. The Hall–Kier alpha value is -0.980. The molecule has 0 aromatic rings. The lowest BCUT2D eigenvalue weighted by atomic mass is 10.0. The van der Waals surface area contributed by atoms with E-state index in [0.717, 1.165) is 12.1 Å². The van der Waals surface area contributed by atoms with Crippen LogP contribution in [0.2, 0.25) is 0 Å². The van der Waals surface area contributed by atoms with E-state index >= 15 is 0 Å². The summed E-state index contributed by atoms with van der Waals surface area (Å²) in [5.41, 5.74) is 7.65. The average molecular weight is 165 g/mol. The number of rotatable bonds is 4. The van der Waals surface area contributed by atoms with Crippen molar-refractivity contribution >= 4 is 0 Å². The maximum atomic E-state index is 5.63. The van der Waals surface area contributed by atoms with E-state index in [-0.39, 0.29) is 0 Å². The van der Waals surface area contributed by atoms with E-state index in [2.05, 4.69) is 26.5 Å². The second-order valence-electron chi connectivity index (χ2n) is 3.31. The van der Waals surface area contributed by atoms with Gasteiger partial charge in [-0.2, -0.15) is 0 Å². The number of hydrogen-bond acceptors (Lipinski definition) is 1. The van der Waals surface area contributed by atoms with Gasteiger partial charge in [-0.3, -0.25) is 0 Å². The molecule has 0 aliphatic rings. The van der Waals surface area contributed by atoms with Gasteiger partial charge in [-0.15, -0.1) is 0 Å². The van der Waals surface area contributed by atoms with Crippen molar-refractivity contribution in [3.63, 3.8) is 0 Å². The molecule has 0 radical (unpaired) electrons. The molecule has 2 N–H and O–H groups in total. The van der Waals surface area contributed by atoms with E-state index < -0.39 is 0 Å². The number of hydrogen-bond donors (Lipinski definition) is 1. The first kappa shape index (κ1) is 11.0. The van der Waals surface area contributed by atoms with Gasteiger partial charge in [0.05, 0.1) is 0 Å². The monoisotopic (exact) mass is 165 g/mol. The fourth-order valence-electron chi connectivity index (χ4n) is 1.00. The van der Waals surface area contributed by atoms with Crippen LogP contribution in [0.3, 0.4) is 0 Å². The van der Waals surface area contributed by atoms with Crippen LogP contribution in [-0.4, -0.2) is 0 Å². The van der Waals surface area contributed by atoms with Gasteiger partial charge in [0.2, 0.25) is 0 Å². The van der Waals surface area contributed by atoms with Crippen LogP contribution in [0.15, 0.2) is 36.1 Å². The molecule has 1 nitrogen and oxygen atoms in total. The van der Waals surface area contributed by atoms with Crippen molar-refractivity contribution in [3.8, 4) is 0 Å². The highest BCUT2D eigenvalue weighted by molar-refractivity contribution is 5.26. The predicted octanol–water partition coefficient (Wildman–Crippen LogP) is 3.01. The molecule has 0 unspecified atom stereocenters. The van der Waals surface area contributed by atoms with Crippen molar-refractivity contribution in [1.29, 1.82) is 0 Å². The summed E-state index contributed by atoms with van der Waals surface area (Å²) in [6.07, 6.45) is 6.82. The van der Waals surface area contributed by atoms with Gasteiger partial charge in [0.25, 0.3) is 0 Å². The molecule has 0 aromatic heterocycles. The molecule has 0 amide bonds. The fourth-order valence-corrected chi connectivity index (χ4v) is 1.00. The van der Waals surface area contributed by atoms with Crippen molar-refractivity contribution in [1.82, 2.24) is 0 Å². The quantitative estimate of drug-likeness (QED) is 0.637. The minimum atomic E-state index is 0.671. The van der Waals surface area contributed by atoms with Crippen LogP contribution in [0, 0.1) is 5.92 Å². The normalized spacial score (nSPS) is 13.7. The van der Waals surface area contributed by atoms with Crippen molar-refractivity contribution in [2.45, 2.75) is 27.2 Å². The minimum absolute atomic E-state index is 0.671. The van der Waals surface area contributed by atoms with E-state index in [1.54, 1.807) is 6.08 Å². The molecule has 0 spiro atoms. The first-order chi connectivity index (χ1) is 5.60. The third kappa shape index (κ3) is 4.78. The largest absolute Gasteiger partial charge is 0.399 e. The maximum absolute atomic E-state index is 5.63. The van der Waals surface area contributed by atoms with Crippen LogP contribution >= 0.6 is 0 Å². The molecule has 0 rings (SSSR count). The highest BCUT2D eigenvalue weighted by Gasteiger charge is 1.97. The van der Waals surface area contributed by atoms with Crippen LogP contribution < -0.4 is 5.73 Å². The Morgan fingerprint density at radius 2 is 2.08 bits per heavy atom. The highest BCUT2D eigenvalue weighted by atomic mass is 14.5. The van der Waals surface area contributed by atoms with Gasteiger partial charge in [0.1, 0.15) is 0 Å². The van der Waals surface area contributed by atoms with E-state index in [1.165, 1.54) is 5.57 Å². The third-order valence-electron chi connectivity index (χ3n) is 1.60. The van der Waals surface area contributed by atoms with Gasteiger partial charge in [-0.25, -0.2) is 0 Å². The standard InChI is InChI=1S/C11H19N/c1-5-10(7-9(3)4)8-11(12)6-2/h5-6,8-9H,2,7,12H2,1,3-4H3/b10-5-,11-8+. The molecule has 0 aliphatic carbocycles. The minimum Gasteiger partial charge on any atom is -0.399 e. The van der Waals surface area contributed by atoms with E-state index in [1.807, 2.05) is 13.0 Å². The van der Waals surface area contributed by atoms with Crippen molar-refractivity contribution in [2.24, 2.45) is 11.7 Å². The van der Waals surface area contributed by atoms with Crippen LogP contribution in [0.4, 0.5) is 0 Å². The molecule has 0 saturated carbocycles. The summed E-state index contributed by atoms with van der Waals surface area (Å²) in [4.78, 5) is 0. The topological polar surface area (TPSA) is 26.0 Å². The molecule has 0 atom stereocenters. The highest BCUT2D eigenvalue weighted by Crippen LogP contribution is 2.12. The zero-order valence-electron chi connectivity index (χ0n) is 8.30. The number of nitrogens with two attached hydrogens (primary N) is 1. The van der Waals surface area contributed by atoms with Crippen molar-refractivity contribution in [2.75, 3.05) is 0 Å². The van der Waals surface area contributed by atoms with Gasteiger partial charge in [0, 0.05) is 5.70 Å². The Balaban J connectivity index is 4.29. The Bertz CT molecular complexity index is 197. The first-order valence-corrected chi connectivity index (χ1v) is 4.35. The molecular weight excluding hydrogens is 146 g/mol. The Morgan fingerprint density at radius 3 is 2.42 bits per heavy atom. The zero-order chi connectivity index (χ0) is 9.56. The summed E-state index contributed by atoms with van der Waals surface area (Å²) >= 11 is 0. The first-order valence-electron chi connectivity index (χ1n) is 4.35. The SMILES string of the molecule is C=C/C(N)=C\C(=C/C)CC(C)C. The molecule has 12 heavy (non-hydrogen) atoms. The second-order valence-corrected chi connectivity index (χ2v) is 3.31. The Kier molecular flexibility index (Phi) is 5.18. The van der Waals surface area contributed by atoms with Crippen LogP contribution in [-0.2, 0) is 0 Å². The lowest BCUT2D eigenvalue weighted by molar-refractivity contribution is 0.649. The summed E-state index contributed by atoms with van der Waals surface area (Å²) in [5, 5.41) is 0. The smallest absolute Gasteiger partial charge is 0.0310 e. The predicted molar refractivity (Wildman–Crippen MR) is 55.7 cm³/mol. The van der Waals surface area contributed by atoms with Gasteiger partial charge in [-0.1, -0.05) is 26.5 Å². The third-order valence-corrected chi connectivity index (χ3v) is 1.60. The summed E-state index contributed by atoms with van der Waals surface area (Å²) in [6, 6.07) is 0. The molecule has 0 aromatic carbocycles. The van der Waals surface area contributed by atoms with Crippen molar-refractivity contribution < 1.29 is 0 Å². The van der Waals surface area contributed by atoms with Crippen molar-refractivity contribution in [3.05, 3.63) is 36.1 Å². The fraction of sp³-hybridized carbons (Fsp3) is 0.455. The molecule has 0 aliphatic heterocycles. The molecule has 0 heterocycles. The van der Waals surface area contributed by atoms with Crippen LogP contribution in [0.1, 0.15) is 27.2 Å². The summed E-state index contributed by atoms with van der Waals surface area (Å²) in [6.45, 7) is 10.0. The summed E-state index contributed by atoms with van der Waals surface area (Å²) in [7, 11) is 0. The zero-order valence-corrected chi connectivity index (χ0v) is 8.30. The van der Waals surface area contributed by atoms with Gasteiger partial charge in [-0.05, 0) is 37.0 Å².